The SMILES string of the molecule is NC(=O)c1c(-c2ccccc2)noc1F. The summed E-state index contributed by atoms with van der Waals surface area (Å²) in [5.74, 6) is -0.896. The minimum absolute atomic E-state index is 0.126. The zero-order chi connectivity index (χ0) is 10.8. The van der Waals surface area contributed by atoms with E-state index in [1.54, 1.807) is 30.3 Å². The quantitative estimate of drug-likeness (QED) is 0.810. The second-order valence-electron chi connectivity index (χ2n) is 2.91. The van der Waals surface area contributed by atoms with Gasteiger partial charge in [-0.25, -0.2) is 0 Å². The minimum atomic E-state index is -1.05. The van der Waals surface area contributed by atoms with Crippen LogP contribution in [0.3, 0.4) is 0 Å². The molecule has 5 heteroatoms. The Hall–Kier alpha value is -2.17. The van der Waals surface area contributed by atoms with Crippen LogP contribution in [0.5, 0.6) is 0 Å². The molecular formula is C10H7FN2O2. The summed E-state index contributed by atoms with van der Waals surface area (Å²) in [6, 6.07) is 7.60. The molecule has 4 nitrogen and oxygen atoms in total. The van der Waals surface area contributed by atoms with Gasteiger partial charge in [0.2, 0.25) is 0 Å². The first-order valence-corrected chi connectivity index (χ1v) is 4.20. The molecule has 1 heterocycles. The van der Waals surface area contributed by atoms with Gasteiger partial charge < -0.3 is 10.3 Å². The number of rotatable bonds is 2. The van der Waals surface area contributed by atoms with Gasteiger partial charge in [0, 0.05) is 5.56 Å². The molecule has 2 N–H and O–H groups in total. The van der Waals surface area contributed by atoms with E-state index in [-0.39, 0.29) is 11.3 Å². The van der Waals surface area contributed by atoms with E-state index in [2.05, 4.69) is 9.68 Å². The highest BCUT2D eigenvalue weighted by atomic mass is 19.1. The van der Waals surface area contributed by atoms with Gasteiger partial charge in [0.25, 0.3) is 5.91 Å². The molecule has 0 saturated heterocycles. The normalized spacial score (nSPS) is 10.2. The van der Waals surface area contributed by atoms with E-state index in [1.165, 1.54) is 0 Å². The standard InChI is InChI=1S/C10H7FN2O2/c11-9-7(10(12)14)8(13-15-9)6-4-2-1-3-5-6/h1-5H,(H2,12,14). The molecule has 0 spiro atoms. The summed E-state index contributed by atoms with van der Waals surface area (Å²) < 4.78 is 17.3. The van der Waals surface area contributed by atoms with E-state index >= 15 is 0 Å². The molecule has 1 amide bonds. The third kappa shape index (κ3) is 1.59. The van der Waals surface area contributed by atoms with Gasteiger partial charge in [-0.1, -0.05) is 35.5 Å². The van der Waals surface area contributed by atoms with Crippen molar-refractivity contribution < 1.29 is 13.7 Å². The Morgan fingerprint density at radius 2 is 2.00 bits per heavy atom. The molecule has 76 valence electrons. The lowest BCUT2D eigenvalue weighted by molar-refractivity contribution is 0.0993. The Morgan fingerprint density at radius 1 is 1.33 bits per heavy atom. The van der Waals surface area contributed by atoms with E-state index < -0.39 is 11.9 Å². The fourth-order valence-electron chi connectivity index (χ4n) is 1.28. The van der Waals surface area contributed by atoms with Gasteiger partial charge in [-0.05, 0) is 0 Å². The van der Waals surface area contributed by atoms with Crippen LogP contribution in [-0.4, -0.2) is 11.1 Å². The van der Waals surface area contributed by atoms with E-state index in [0.29, 0.717) is 5.56 Å². The lowest BCUT2D eigenvalue weighted by Gasteiger charge is -1.96. The molecule has 0 saturated carbocycles. The maximum Gasteiger partial charge on any atom is 0.319 e. The highest BCUT2D eigenvalue weighted by molar-refractivity contribution is 5.98. The van der Waals surface area contributed by atoms with Crippen LogP contribution in [0.1, 0.15) is 10.4 Å². The fourth-order valence-corrected chi connectivity index (χ4v) is 1.28. The number of aromatic nitrogens is 1. The first-order chi connectivity index (χ1) is 7.20. The molecule has 0 aliphatic rings. The summed E-state index contributed by atoms with van der Waals surface area (Å²) >= 11 is 0. The maximum absolute atomic E-state index is 13.0. The number of carbonyl (C=O) groups is 1. The van der Waals surface area contributed by atoms with Gasteiger partial charge in [-0.2, -0.15) is 4.39 Å². The molecule has 1 aromatic carbocycles. The van der Waals surface area contributed by atoms with Gasteiger partial charge in [0.1, 0.15) is 11.3 Å². The first kappa shape index (κ1) is 9.39. The fraction of sp³-hybridized carbons (Fsp3) is 0. The topological polar surface area (TPSA) is 69.1 Å². The largest absolute Gasteiger partial charge is 0.365 e. The molecule has 0 aliphatic heterocycles. The molecular weight excluding hydrogens is 199 g/mol. The summed E-state index contributed by atoms with van der Waals surface area (Å²) in [6.45, 7) is 0. The second kappa shape index (κ2) is 3.53. The number of primary amides is 1. The van der Waals surface area contributed by atoms with Crippen molar-refractivity contribution in [3.63, 3.8) is 0 Å². The number of hydrogen-bond acceptors (Lipinski definition) is 3. The summed E-state index contributed by atoms with van der Waals surface area (Å²) in [5, 5.41) is 3.46. The van der Waals surface area contributed by atoms with Crippen molar-refractivity contribution in [3.8, 4) is 11.3 Å². The zero-order valence-corrected chi connectivity index (χ0v) is 7.61. The van der Waals surface area contributed by atoms with E-state index in [0.717, 1.165) is 0 Å². The van der Waals surface area contributed by atoms with Crippen LogP contribution in [-0.2, 0) is 0 Å². The Kier molecular flexibility index (Phi) is 2.21. The van der Waals surface area contributed by atoms with Crippen molar-refractivity contribution in [2.75, 3.05) is 0 Å². The zero-order valence-electron chi connectivity index (χ0n) is 7.61. The minimum Gasteiger partial charge on any atom is -0.365 e. The van der Waals surface area contributed by atoms with E-state index in [1.807, 2.05) is 0 Å². The first-order valence-electron chi connectivity index (χ1n) is 4.20. The molecule has 0 unspecified atom stereocenters. The number of benzene rings is 1. The summed E-state index contributed by atoms with van der Waals surface area (Å²) in [6.07, 6.45) is 0. The van der Waals surface area contributed by atoms with Gasteiger partial charge in [-0.3, -0.25) is 4.79 Å². The summed E-state index contributed by atoms with van der Waals surface area (Å²) in [7, 11) is 0. The summed E-state index contributed by atoms with van der Waals surface area (Å²) in [5.41, 5.74) is 5.41. The van der Waals surface area contributed by atoms with Gasteiger partial charge >= 0.3 is 6.01 Å². The van der Waals surface area contributed by atoms with Gasteiger partial charge in [0.15, 0.2) is 0 Å². The molecule has 2 rings (SSSR count). The average molecular weight is 206 g/mol. The lowest BCUT2D eigenvalue weighted by Crippen LogP contribution is -2.12. The Bertz CT molecular complexity index is 493. The molecule has 0 aliphatic carbocycles. The molecule has 0 fully saturated rings. The highest BCUT2D eigenvalue weighted by Crippen LogP contribution is 2.23. The van der Waals surface area contributed by atoms with Crippen LogP contribution < -0.4 is 5.73 Å². The smallest absolute Gasteiger partial charge is 0.319 e. The van der Waals surface area contributed by atoms with Crippen LogP contribution >= 0.6 is 0 Å². The Labute approximate surface area is 84.5 Å². The van der Waals surface area contributed by atoms with Crippen molar-refractivity contribution in [2.24, 2.45) is 5.73 Å². The number of nitrogens with two attached hydrogens (primary N) is 1. The summed E-state index contributed by atoms with van der Waals surface area (Å²) in [4.78, 5) is 11.0. The van der Waals surface area contributed by atoms with Crippen molar-refractivity contribution in [3.05, 3.63) is 41.9 Å². The van der Waals surface area contributed by atoms with Crippen LogP contribution in [0.25, 0.3) is 11.3 Å². The monoisotopic (exact) mass is 206 g/mol. The molecule has 0 bridgehead atoms. The number of amides is 1. The van der Waals surface area contributed by atoms with E-state index in [4.69, 9.17) is 5.73 Å². The van der Waals surface area contributed by atoms with Crippen LogP contribution in [0.2, 0.25) is 0 Å². The molecule has 1 aromatic heterocycles. The van der Waals surface area contributed by atoms with Crippen molar-refractivity contribution >= 4 is 5.91 Å². The van der Waals surface area contributed by atoms with Gasteiger partial charge in [-0.15, -0.1) is 0 Å². The third-order valence-electron chi connectivity index (χ3n) is 1.94. The molecule has 0 radical (unpaired) electrons. The highest BCUT2D eigenvalue weighted by Gasteiger charge is 2.21. The van der Waals surface area contributed by atoms with Crippen LogP contribution in [0, 0.1) is 6.01 Å². The second-order valence-corrected chi connectivity index (χ2v) is 2.91. The predicted octanol–water partition coefficient (Wildman–Crippen LogP) is 1.58. The van der Waals surface area contributed by atoms with Crippen molar-refractivity contribution in [1.29, 1.82) is 0 Å². The molecule has 0 atom stereocenters. The van der Waals surface area contributed by atoms with Crippen molar-refractivity contribution in [2.45, 2.75) is 0 Å². The van der Waals surface area contributed by atoms with Gasteiger partial charge in [0.05, 0.1) is 0 Å². The number of nitrogens with zero attached hydrogens (tertiary/aromatic N) is 1. The Morgan fingerprint density at radius 3 is 2.60 bits per heavy atom. The number of carbonyl (C=O) groups excluding carboxylic acids is 1. The lowest BCUT2D eigenvalue weighted by atomic mass is 10.1. The number of halogens is 1. The van der Waals surface area contributed by atoms with Crippen LogP contribution in [0.15, 0.2) is 34.9 Å². The number of hydrogen-bond donors (Lipinski definition) is 1. The average Bonchev–Trinajstić information content (AvgIpc) is 2.61. The van der Waals surface area contributed by atoms with Crippen molar-refractivity contribution in [1.82, 2.24) is 5.16 Å². The molecule has 2 aromatic rings. The van der Waals surface area contributed by atoms with Crippen LogP contribution in [0.4, 0.5) is 4.39 Å². The Balaban J connectivity index is 2.59. The van der Waals surface area contributed by atoms with E-state index in [9.17, 15) is 9.18 Å². The molecule has 15 heavy (non-hydrogen) atoms. The predicted molar refractivity (Wildman–Crippen MR) is 50.4 cm³/mol. The third-order valence-corrected chi connectivity index (χ3v) is 1.94. The maximum atomic E-state index is 13.0.